The average molecular weight is 275 g/mol. The smallest absolute Gasteiger partial charge is 0.343 e. The van der Waals surface area contributed by atoms with Gasteiger partial charge in [0, 0.05) is 17.1 Å². The Balaban J connectivity index is 2.37. The van der Waals surface area contributed by atoms with Crippen LogP contribution in [0, 0.1) is 11.3 Å². The van der Waals surface area contributed by atoms with Crippen LogP contribution in [0.15, 0.2) is 33.0 Å². The van der Waals surface area contributed by atoms with Gasteiger partial charge in [-0.2, -0.15) is 5.26 Å². The van der Waals surface area contributed by atoms with Gasteiger partial charge in [-0.3, -0.25) is 4.57 Å². The third-order valence-corrected chi connectivity index (χ3v) is 3.57. The van der Waals surface area contributed by atoms with E-state index in [4.69, 9.17) is 11.0 Å². The largest absolute Gasteiger partial charge is 0.399 e. The lowest BCUT2D eigenvalue weighted by Gasteiger charge is -2.05. The summed E-state index contributed by atoms with van der Waals surface area (Å²) in [5.41, 5.74) is 6.41. The first kappa shape index (κ1) is 13.2. The molecule has 0 fully saturated rings. The molecule has 0 aliphatic carbocycles. The highest BCUT2D eigenvalue weighted by molar-refractivity contribution is 7.99. The van der Waals surface area contributed by atoms with Gasteiger partial charge in [-0.15, -0.1) is 5.10 Å². The van der Waals surface area contributed by atoms with Crippen molar-refractivity contribution >= 4 is 17.4 Å². The van der Waals surface area contributed by atoms with Gasteiger partial charge in [0.1, 0.15) is 6.07 Å². The summed E-state index contributed by atoms with van der Waals surface area (Å²) in [5.74, 6) is 0. The third kappa shape index (κ3) is 2.80. The van der Waals surface area contributed by atoms with E-state index in [9.17, 15) is 4.79 Å². The van der Waals surface area contributed by atoms with E-state index in [1.54, 1.807) is 22.8 Å². The molecule has 1 aromatic carbocycles. The third-order valence-electron chi connectivity index (χ3n) is 2.50. The molecule has 19 heavy (non-hydrogen) atoms. The Bertz CT molecular complexity index is 682. The number of hydrogen-bond donors (Lipinski definition) is 2. The predicted octanol–water partition coefficient (Wildman–Crippen LogP) is 1.59. The molecule has 2 rings (SSSR count). The van der Waals surface area contributed by atoms with Gasteiger partial charge in [-0.25, -0.2) is 9.89 Å². The van der Waals surface area contributed by atoms with E-state index >= 15 is 0 Å². The minimum atomic E-state index is -0.238. The number of H-pyrrole nitrogens is 1. The van der Waals surface area contributed by atoms with Crippen LogP contribution in [0.2, 0.25) is 0 Å². The fourth-order valence-corrected chi connectivity index (χ4v) is 2.55. The summed E-state index contributed by atoms with van der Waals surface area (Å²) >= 11 is 1.28. The van der Waals surface area contributed by atoms with Crippen molar-refractivity contribution in [3.63, 3.8) is 0 Å². The summed E-state index contributed by atoms with van der Waals surface area (Å²) in [6.07, 6.45) is 0.833. The second kappa shape index (κ2) is 5.63. The quantitative estimate of drug-likeness (QED) is 0.825. The molecule has 0 spiro atoms. The fourth-order valence-electron chi connectivity index (χ4n) is 1.62. The van der Waals surface area contributed by atoms with E-state index in [-0.39, 0.29) is 5.69 Å². The van der Waals surface area contributed by atoms with E-state index in [2.05, 4.69) is 16.3 Å². The molecule has 0 saturated carbocycles. The Morgan fingerprint density at radius 1 is 1.58 bits per heavy atom. The monoisotopic (exact) mass is 275 g/mol. The zero-order chi connectivity index (χ0) is 13.8. The number of aromatic amines is 1. The van der Waals surface area contributed by atoms with Crippen molar-refractivity contribution in [1.29, 1.82) is 5.26 Å². The van der Waals surface area contributed by atoms with Gasteiger partial charge in [0.05, 0.1) is 5.56 Å². The first-order valence-corrected chi connectivity index (χ1v) is 6.60. The number of nitrogens with zero attached hydrogens (tertiary/aromatic N) is 3. The Kier molecular flexibility index (Phi) is 3.92. The van der Waals surface area contributed by atoms with Crippen molar-refractivity contribution in [2.24, 2.45) is 0 Å². The molecule has 0 saturated heterocycles. The minimum absolute atomic E-state index is 0.238. The molecule has 98 valence electrons. The van der Waals surface area contributed by atoms with Crippen LogP contribution < -0.4 is 11.4 Å². The van der Waals surface area contributed by atoms with Gasteiger partial charge in [-0.1, -0.05) is 6.92 Å². The number of nitriles is 1. The molecule has 0 amide bonds. The Labute approximate surface area is 114 Å². The fraction of sp³-hybridized carbons (Fsp3) is 0.250. The van der Waals surface area contributed by atoms with Gasteiger partial charge in [0.15, 0.2) is 5.16 Å². The van der Waals surface area contributed by atoms with Crippen molar-refractivity contribution in [1.82, 2.24) is 14.8 Å². The first-order chi connectivity index (χ1) is 9.15. The van der Waals surface area contributed by atoms with Crippen LogP contribution in [-0.4, -0.2) is 14.8 Å². The predicted molar refractivity (Wildman–Crippen MR) is 72.8 cm³/mol. The summed E-state index contributed by atoms with van der Waals surface area (Å²) in [6.45, 7) is 2.58. The van der Waals surface area contributed by atoms with E-state index < -0.39 is 0 Å². The molecule has 0 aliphatic heterocycles. The lowest BCUT2D eigenvalue weighted by atomic mass is 10.2. The molecule has 0 atom stereocenters. The number of benzene rings is 1. The highest BCUT2D eigenvalue weighted by Gasteiger charge is 2.12. The maximum Gasteiger partial charge on any atom is 0.343 e. The summed E-state index contributed by atoms with van der Waals surface area (Å²) in [5, 5.41) is 16.0. The molecule has 7 heteroatoms. The Morgan fingerprint density at radius 2 is 2.37 bits per heavy atom. The number of nitrogens with two attached hydrogens (primary N) is 1. The van der Waals surface area contributed by atoms with Crippen LogP contribution in [0.25, 0.3) is 0 Å². The number of anilines is 1. The van der Waals surface area contributed by atoms with Crippen LogP contribution in [0.1, 0.15) is 18.9 Å². The number of rotatable bonds is 4. The summed E-state index contributed by atoms with van der Waals surface area (Å²) in [7, 11) is 0. The van der Waals surface area contributed by atoms with Gasteiger partial charge in [-0.05, 0) is 36.4 Å². The van der Waals surface area contributed by atoms with E-state index in [0.29, 0.717) is 23.0 Å². The van der Waals surface area contributed by atoms with E-state index in [1.807, 2.05) is 6.92 Å². The zero-order valence-electron chi connectivity index (χ0n) is 10.4. The molecular weight excluding hydrogens is 262 g/mol. The zero-order valence-corrected chi connectivity index (χ0v) is 11.2. The summed E-state index contributed by atoms with van der Waals surface area (Å²) in [6, 6.07) is 7.18. The molecule has 3 N–H and O–H groups in total. The van der Waals surface area contributed by atoms with Crippen molar-refractivity contribution in [2.75, 3.05) is 5.73 Å². The summed E-state index contributed by atoms with van der Waals surface area (Å²) < 4.78 is 1.56. The van der Waals surface area contributed by atoms with E-state index in [0.717, 1.165) is 11.3 Å². The molecule has 0 aliphatic rings. The lowest BCUT2D eigenvalue weighted by molar-refractivity contribution is 0.604. The molecule has 1 heterocycles. The van der Waals surface area contributed by atoms with Gasteiger partial charge < -0.3 is 5.73 Å². The van der Waals surface area contributed by atoms with Crippen LogP contribution in [0.4, 0.5) is 5.69 Å². The van der Waals surface area contributed by atoms with Crippen LogP contribution in [0.3, 0.4) is 0 Å². The average Bonchev–Trinajstić information content (AvgIpc) is 2.74. The first-order valence-electron chi connectivity index (χ1n) is 5.78. The summed E-state index contributed by atoms with van der Waals surface area (Å²) in [4.78, 5) is 12.3. The number of nitrogen functional groups attached to an aromatic ring is 1. The van der Waals surface area contributed by atoms with Gasteiger partial charge >= 0.3 is 5.69 Å². The molecule has 6 nitrogen and oxygen atoms in total. The Morgan fingerprint density at radius 3 is 3.05 bits per heavy atom. The second-order valence-electron chi connectivity index (χ2n) is 3.93. The highest BCUT2D eigenvalue weighted by Crippen LogP contribution is 2.29. The highest BCUT2D eigenvalue weighted by atomic mass is 32.2. The Hall–Kier alpha value is -2.20. The maximum absolute atomic E-state index is 11.6. The molecule has 0 bridgehead atoms. The van der Waals surface area contributed by atoms with Crippen molar-refractivity contribution in [2.45, 2.75) is 29.9 Å². The number of aromatic nitrogens is 3. The number of nitrogens with one attached hydrogen (secondary N) is 1. The molecule has 0 radical (unpaired) electrons. The SMILES string of the molecule is CCCn1c(Sc2ccc(N)cc2C#N)n[nH]c1=O. The topological polar surface area (TPSA) is 100 Å². The molecule has 2 aromatic rings. The van der Waals surface area contributed by atoms with Crippen molar-refractivity contribution in [3.05, 3.63) is 34.2 Å². The van der Waals surface area contributed by atoms with Crippen LogP contribution >= 0.6 is 11.8 Å². The van der Waals surface area contributed by atoms with Gasteiger partial charge in [0.25, 0.3) is 0 Å². The molecule has 0 unspecified atom stereocenters. The maximum atomic E-state index is 11.6. The molecular formula is C12H13N5OS. The van der Waals surface area contributed by atoms with Gasteiger partial charge in [0.2, 0.25) is 0 Å². The number of hydrogen-bond acceptors (Lipinski definition) is 5. The molecule has 1 aromatic heterocycles. The van der Waals surface area contributed by atoms with Crippen LogP contribution in [0.5, 0.6) is 0 Å². The van der Waals surface area contributed by atoms with Crippen molar-refractivity contribution < 1.29 is 0 Å². The normalized spacial score (nSPS) is 10.3. The van der Waals surface area contributed by atoms with E-state index in [1.165, 1.54) is 11.8 Å². The lowest BCUT2D eigenvalue weighted by Crippen LogP contribution is -2.17. The standard InChI is InChI=1S/C12H13N5OS/c1-2-5-17-11(18)15-16-12(17)19-10-4-3-9(14)6-8(10)7-13/h3-4,6H,2,5,14H2,1H3,(H,15,18). The van der Waals surface area contributed by atoms with Crippen molar-refractivity contribution in [3.8, 4) is 6.07 Å². The van der Waals surface area contributed by atoms with Crippen LogP contribution in [-0.2, 0) is 6.54 Å². The minimum Gasteiger partial charge on any atom is -0.399 e. The second-order valence-corrected chi connectivity index (χ2v) is 4.94.